The summed E-state index contributed by atoms with van der Waals surface area (Å²) in [5.41, 5.74) is 0. The molecule has 1 N–H and O–H groups in total. The second-order valence-electron chi connectivity index (χ2n) is 3.96. The van der Waals surface area contributed by atoms with E-state index in [1.165, 1.54) is 4.80 Å². The zero-order valence-corrected chi connectivity index (χ0v) is 9.94. The van der Waals surface area contributed by atoms with E-state index >= 15 is 0 Å². The maximum atomic E-state index is 11.5. The lowest BCUT2D eigenvalue weighted by Crippen LogP contribution is -2.30. The Balaban J connectivity index is 1.80. The summed E-state index contributed by atoms with van der Waals surface area (Å²) in [7, 11) is -1.17. The molecule has 7 nitrogen and oxygen atoms in total. The zero-order valence-electron chi connectivity index (χ0n) is 9.13. The van der Waals surface area contributed by atoms with Crippen molar-refractivity contribution in [2.24, 2.45) is 7.05 Å². The van der Waals surface area contributed by atoms with Gasteiger partial charge < -0.3 is 5.32 Å². The molecule has 1 unspecified atom stereocenters. The fourth-order valence-corrected chi connectivity index (χ4v) is 3.63. The van der Waals surface area contributed by atoms with Crippen LogP contribution >= 0.6 is 0 Å². The van der Waals surface area contributed by atoms with Crippen LogP contribution in [-0.4, -0.2) is 46.2 Å². The Morgan fingerprint density at radius 2 is 2.38 bits per heavy atom. The van der Waals surface area contributed by atoms with Crippen LogP contribution in [0.2, 0.25) is 0 Å². The van der Waals surface area contributed by atoms with Gasteiger partial charge in [-0.3, -0.25) is 0 Å². The predicted molar refractivity (Wildman–Crippen MR) is 57.3 cm³/mol. The number of aromatic nitrogens is 4. The number of hydrogen-bond acceptors (Lipinski definition) is 6. The summed E-state index contributed by atoms with van der Waals surface area (Å²) in [6.07, 6.45) is 1.53. The lowest BCUT2D eigenvalue weighted by Gasteiger charge is -2.08. The molecule has 2 rings (SSSR count). The number of aryl methyl sites for hydroxylation is 1. The molecule has 0 aliphatic carbocycles. The van der Waals surface area contributed by atoms with Crippen molar-refractivity contribution in [3.05, 3.63) is 5.82 Å². The molecule has 0 bridgehead atoms. The van der Waals surface area contributed by atoms with Gasteiger partial charge in [0.25, 0.3) is 0 Å². The molecule has 1 atom stereocenters. The first-order valence-electron chi connectivity index (χ1n) is 5.23. The monoisotopic (exact) mass is 245 g/mol. The number of sulfone groups is 1. The molecular formula is C8H15N5O2S. The molecule has 8 heteroatoms. The van der Waals surface area contributed by atoms with Gasteiger partial charge in [0.15, 0.2) is 15.7 Å². The highest BCUT2D eigenvalue weighted by Crippen LogP contribution is 2.18. The molecule has 16 heavy (non-hydrogen) atoms. The fourth-order valence-electron chi connectivity index (χ4n) is 1.83. The summed E-state index contributed by atoms with van der Waals surface area (Å²) in [6.45, 7) is 0.931. The number of rotatable bonds is 4. The van der Waals surface area contributed by atoms with Gasteiger partial charge in [-0.2, -0.15) is 4.80 Å². The number of tetrazole rings is 1. The molecule has 0 amide bonds. The first-order valence-corrected chi connectivity index (χ1v) is 6.94. The molecule has 1 aliphatic rings. The second kappa shape index (κ2) is 4.46. The summed E-state index contributed by atoms with van der Waals surface area (Å²) in [4.78, 5) is 1.38. The summed E-state index contributed by atoms with van der Waals surface area (Å²) in [5, 5.41) is 14.3. The largest absolute Gasteiger partial charge is 0.308 e. The van der Waals surface area contributed by atoms with Crippen molar-refractivity contribution in [3.8, 4) is 0 Å². The Bertz CT molecular complexity index is 455. The van der Waals surface area contributed by atoms with Crippen LogP contribution in [0.15, 0.2) is 0 Å². The van der Waals surface area contributed by atoms with E-state index in [0.29, 0.717) is 24.7 Å². The normalized spacial score (nSPS) is 23.7. The molecule has 0 aromatic carbocycles. The first-order chi connectivity index (χ1) is 7.58. The SMILES string of the molecule is Cn1nnc(CNCC2CCCS2(=O)=O)n1. The van der Waals surface area contributed by atoms with Gasteiger partial charge in [0.05, 0.1) is 24.6 Å². The number of hydrogen-bond donors (Lipinski definition) is 1. The van der Waals surface area contributed by atoms with Gasteiger partial charge in [-0.15, -0.1) is 10.2 Å². The molecule has 0 radical (unpaired) electrons. The topological polar surface area (TPSA) is 89.8 Å². The molecule has 1 aliphatic heterocycles. The lowest BCUT2D eigenvalue weighted by molar-refractivity contribution is 0.568. The Kier molecular flexibility index (Phi) is 3.20. The van der Waals surface area contributed by atoms with Crippen LogP contribution in [0.1, 0.15) is 18.7 Å². The average molecular weight is 245 g/mol. The Morgan fingerprint density at radius 1 is 1.56 bits per heavy atom. The predicted octanol–water partition coefficient (Wildman–Crippen LogP) is -1.12. The highest BCUT2D eigenvalue weighted by Gasteiger charge is 2.30. The quantitative estimate of drug-likeness (QED) is 0.722. The van der Waals surface area contributed by atoms with Gasteiger partial charge in [0, 0.05) is 6.54 Å². The summed E-state index contributed by atoms with van der Waals surface area (Å²) in [5.74, 6) is 0.904. The van der Waals surface area contributed by atoms with Crippen LogP contribution in [0.3, 0.4) is 0 Å². The highest BCUT2D eigenvalue weighted by molar-refractivity contribution is 7.92. The standard InChI is InChI=1S/C8H15N5O2S/c1-13-11-8(10-12-13)6-9-5-7-3-2-4-16(7,14)15/h7,9H,2-6H2,1H3. The molecule has 90 valence electrons. The zero-order chi connectivity index (χ0) is 11.6. The highest BCUT2D eigenvalue weighted by atomic mass is 32.2. The van der Waals surface area contributed by atoms with Gasteiger partial charge in [-0.05, 0) is 18.1 Å². The minimum Gasteiger partial charge on any atom is -0.308 e. The Morgan fingerprint density at radius 3 is 2.94 bits per heavy atom. The van der Waals surface area contributed by atoms with Crippen LogP contribution < -0.4 is 5.32 Å². The van der Waals surface area contributed by atoms with E-state index in [1.54, 1.807) is 7.05 Å². The molecule has 1 aromatic heterocycles. The van der Waals surface area contributed by atoms with Crippen molar-refractivity contribution in [1.82, 2.24) is 25.5 Å². The van der Waals surface area contributed by atoms with Crippen molar-refractivity contribution in [2.75, 3.05) is 12.3 Å². The molecule has 1 fully saturated rings. The van der Waals surface area contributed by atoms with Crippen LogP contribution in [0.25, 0.3) is 0 Å². The molecule has 2 heterocycles. The molecule has 0 saturated carbocycles. The first kappa shape index (κ1) is 11.5. The van der Waals surface area contributed by atoms with Crippen LogP contribution in [-0.2, 0) is 23.4 Å². The Hall–Kier alpha value is -1.02. The van der Waals surface area contributed by atoms with Crippen molar-refractivity contribution >= 4 is 9.84 Å². The smallest absolute Gasteiger partial charge is 0.188 e. The fraction of sp³-hybridized carbons (Fsp3) is 0.875. The summed E-state index contributed by atoms with van der Waals surface area (Å²) < 4.78 is 23.0. The number of nitrogens with one attached hydrogen (secondary N) is 1. The van der Waals surface area contributed by atoms with Crippen molar-refractivity contribution in [3.63, 3.8) is 0 Å². The third kappa shape index (κ3) is 2.56. The van der Waals surface area contributed by atoms with Gasteiger partial charge in [-0.1, -0.05) is 0 Å². The minimum atomic E-state index is -2.86. The Labute approximate surface area is 94.1 Å². The van der Waals surface area contributed by atoms with E-state index in [9.17, 15) is 8.42 Å². The van der Waals surface area contributed by atoms with Crippen LogP contribution in [0, 0.1) is 0 Å². The van der Waals surface area contributed by atoms with Crippen molar-refractivity contribution < 1.29 is 8.42 Å². The van der Waals surface area contributed by atoms with E-state index in [4.69, 9.17) is 0 Å². The van der Waals surface area contributed by atoms with Gasteiger partial charge in [0.2, 0.25) is 0 Å². The van der Waals surface area contributed by atoms with Gasteiger partial charge >= 0.3 is 0 Å². The third-order valence-electron chi connectivity index (χ3n) is 2.67. The van der Waals surface area contributed by atoms with Crippen LogP contribution in [0.5, 0.6) is 0 Å². The molecular weight excluding hydrogens is 230 g/mol. The van der Waals surface area contributed by atoms with E-state index in [1.807, 2.05) is 0 Å². The van der Waals surface area contributed by atoms with E-state index < -0.39 is 9.84 Å². The summed E-state index contributed by atoms with van der Waals surface area (Å²) >= 11 is 0. The van der Waals surface area contributed by atoms with Gasteiger partial charge in [-0.25, -0.2) is 8.42 Å². The molecule has 1 saturated heterocycles. The average Bonchev–Trinajstić information content (AvgIpc) is 2.74. The number of nitrogens with zero attached hydrogens (tertiary/aromatic N) is 4. The maximum absolute atomic E-state index is 11.5. The molecule has 0 spiro atoms. The van der Waals surface area contributed by atoms with Crippen LogP contribution in [0.4, 0.5) is 0 Å². The maximum Gasteiger partial charge on any atom is 0.188 e. The second-order valence-corrected chi connectivity index (χ2v) is 6.36. The van der Waals surface area contributed by atoms with Crippen molar-refractivity contribution in [2.45, 2.75) is 24.6 Å². The van der Waals surface area contributed by atoms with Gasteiger partial charge in [0.1, 0.15) is 0 Å². The van der Waals surface area contributed by atoms with E-state index in [0.717, 1.165) is 12.8 Å². The van der Waals surface area contributed by atoms with E-state index in [-0.39, 0.29) is 5.25 Å². The van der Waals surface area contributed by atoms with E-state index in [2.05, 4.69) is 20.7 Å². The third-order valence-corrected chi connectivity index (χ3v) is 4.94. The minimum absolute atomic E-state index is 0.246. The van der Waals surface area contributed by atoms with Crippen molar-refractivity contribution in [1.29, 1.82) is 0 Å². The lowest BCUT2D eigenvalue weighted by atomic mass is 10.2. The molecule has 1 aromatic rings. The summed E-state index contributed by atoms with van der Waals surface area (Å²) in [6, 6.07) is 0.